The lowest BCUT2D eigenvalue weighted by Gasteiger charge is -2.20. The zero-order valence-corrected chi connectivity index (χ0v) is 12.0. The van der Waals surface area contributed by atoms with Crippen LogP contribution in [-0.2, 0) is 9.98 Å². The van der Waals surface area contributed by atoms with Crippen molar-refractivity contribution >= 4 is 23.3 Å². The largest absolute Gasteiger partial charge is 0.710 e. The Bertz CT molecular complexity index is 352. The molecule has 1 aromatic rings. The highest BCUT2D eigenvalue weighted by molar-refractivity contribution is 9.08. The lowest BCUT2D eigenvalue weighted by Crippen LogP contribution is -2.30. The van der Waals surface area contributed by atoms with Gasteiger partial charge in [0.15, 0.2) is 0 Å². The summed E-state index contributed by atoms with van der Waals surface area (Å²) in [5.41, 5.74) is 0.977. The molecule has 0 saturated heterocycles. The quantitative estimate of drug-likeness (QED) is 0.671. The molecule has 1 aromatic carbocycles. The molecule has 0 atom stereocenters. The predicted molar refractivity (Wildman–Crippen MR) is 73.1 cm³/mol. The van der Waals surface area contributed by atoms with Gasteiger partial charge in [-0.3, -0.25) is 0 Å². The molecule has 3 nitrogen and oxygen atoms in total. The van der Waals surface area contributed by atoms with Crippen LogP contribution in [0.3, 0.4) is 0 Å². The summed E-state index contributed by atoms with van der Waals surface area (Å²) in [6, 6.07) is 7.52. The molecule has 0 aliphatic rings. The molecule has 5 heteroatoms. The normalized spacial score (nSPS) is 11.4. The highest BCUT2D eigenvalue weighted by Crippen LogP contribution is 2.21. The Morgan fingerprint density at radius 2 is 1.94 bits per heavy atom. The van der Waals surface area contributed by atoms with E-state index in [-0.39, 0.29) is 5.41 Å². The molecule has 94 valence electrons. The van der Waals surface area contributed by atoms with Crippen LogP contribution < -0.4 is 4.65 Å². The van der Waals surface area contributed by atoms with Crippen LogP contribution in [0.5, 0.6) is 5.75 Å². The Kier molecular flexibility index (Phi) is 5.50. The first-order chi connectivity index (χ1) is 7.92. The van der Waals surface area contributed by atoms with Gasteiger partial charge in [0.1, 0.15) is 5.75 Å². The third-order valence-electron chi connectivity index (χ3n) is 2.00. The monoisotopic (exact) mass is 300 g/mol. The Balaban J connectivity index is 2.53. The highest BCUT2D eigenvalue weighted by atomic mass is 79.9. The summed E-state index contributed by atoms with van der Waals surface area (Å²) in [6.45, 7) is 6.54. The van der Waals surface area contributed by atoms with Crippen molar-refractivity contribution in [3.63, 3.8) is 0 Å². The Labute approximate surface area is 111 Å². The number of hydrogen-bond donors (Lipinski definition) is 1. The van der Waals surface area contributed by atoms with Gasteiger partial charge >= 0.3 is 7.32 Å². The van der Waals surface area contributed by atoms with Gasteiger partial charge < -0.3 is 14.3 Å². The van der Waals surface area contributed by atoms with Crippen LogP contribution in [-0.4, -0.2) is 19.0 Å². The molecule has 1 rings (SSSR count). The van der Waals surface area contributed by atoms with E-state index >= 15 is 0 Å². The van der Waals surface area contributed by atoms with Gasteiger partial charge in [-0.05, 0) is 11.5 Å². The molecule has 1 N–H and O–H groups in total. The van der Waals surface area contributed by atoms with Gasteiger partial charge in [0.25, 0.3) is 0 Å². The molecular weight excluding hydrogens is 283 g/mol. The standard InChI is InChI=1S/C12H18BBrO3/c1-12(2,3)9-16-13(15)17-11-7-5-4-6-10(11)8-14/h4-7,15H,8-9H2,1-3H3. The van der Waals surface area contributed by atoms with E-state index in [1.807, 2.05) is 39.0 Å². The molecule has 0 aliphatic carbocycles. The number of para-hydroxylation sites is 1. The van der Waals surface area contributed by atoms with Gasteiger partial charge in [0, 0.05) is 17.5 Å². The summed E-state index contributed by atoms with van der Waals surface area (Å²) in [4.78, 5) is 0. The van der Waals surface area contributed by atoms with E-state index < -0.39 is 7.32 Å². The van der Waals surface area contributed by atoms with E-state index in [9.17, 15) is 5.02 Å². The van der Waals surface area contributed by atoms with Crippen molar-refractivity contribution in [2.45, 2.75) is 26.1 Å². The predicted octanol–water partition coefficient (Wildman–Crippen LogP) is 3.00. The Morgan fingerprint density at radius 3 is 2.53 bits per heavy atom. The van der Waals surface area contributed by atoms with E-state index in [0.29, 0.717) is 17.7 Å². The van der Waals surface area contributed by atoms with Gasteiger partial charge in [0.05, 0.1) is 0 Å². The third kappa shape index (κ3) is 5.57. The summed E-state index contributed by atoms with van der Waals surface area (Å²) in [6.07, 6.45) is 0. The molecule has 0 fully saturated rings. The zero-order valence-electron chi connectivity index (χ0n) is 10.4. The molecule has 0 amide bonds. The molecule has 0 aromatic heterocycles. The number of benzene rings is 1. The van der Waals surface area contributed by atoms with Crippen LogP contribution >= 0.6 is 15.9 Å². The van der Waals surface area contributed by atoms with Crippen molar-refractivity contribution in [1.82, 2.24) is 0 Å². The van der Waals surface area contributed by atoms with Crippen molar-refractivity contribution in [1.29, 1.82) is 0 Å². The van der Waals surface area contributed by atoms with Crippen molar-refractivity contribution in [2.24, 2.45) is 5.41 Å². The maximum absolute atomic E-state index is 9.63. The van der Waals surface area contributed by atoms with Gasteiger partial charge in [-0.25, -0.2) is 0 Å². The average Bonchev–Trinajstić information content (AvgIpc) is 2.26. The van der Waals surface area contributed by atoms with Gasteiger partial charge in [-0.1, -0.05) is 54.9 Å². The molecule has 17 heavy (non-hydrogen) atoms. The fourth-order valence-electron chi connectivity index (χ4n) is 1.19. The fourth-order valence-corrected chi connectivity index (χ4v) is 1.66. The molecular formula is C12H18BBrO3. The van der Waals surface area contributed by atoms with Crippen molar-refractivity contribution in [3.05, 3.63) is 29.8 Å². The smallest absolute Gasteiger partial charge is 0.512 e. The van der Waals surface area contributed by atoms with E-state index in [0.717, 1.165) is 5.56 Å². The van der Waals surface area contributed by atoms with Crippen LogP contribution in [0.1, 0.15) is 26.3 Å². The van der Waals surface area contributed by atoms with E-state index in [4.69, 9.17) is 9.31 Å². The van der Waals surface area contributed by atoms with Gasteiger partial charge in [0.2, 0.25) is 0 Å². The molecule has 0 spiro atoms. The van der Waals surface area contributed by atoms with Gasteiger partial charge in [-0.2, -0.15) is 0 Å². The highest BCUT2D eigenvalue weighted by Gasteiger charge is 2.23. The molecule has 0 heterocycles. The van der Waals surface area contributed by atoms with E-state index in [1.54, 1.807) is 6.07 Å². The van der Waals surface area contributed by atoms with Gasteiger partial charge in [-0.15, -0.1) is 0 Å². The molecule has 0 unspecified atom stereocenters. The van der Waals surface area contributed by atoms with Crippen LogP contribution in [0.2, 0.25) is 0 Å². The summed E-state index contributed by atoms with van der Waals surface area (Å²) in [5, 5.41) is 10.3. The topological polar surface area (TPSA) is 38.7 Å². The zero-order chi connectivity index (χ0) is 12.9. The summed E-state index contributed by atoms with van der Waals surface area (Å²) < 4.78 is 10.6. The fraction of sp³-hybridized carbons (Fsp3) is 0.500. The first kappa shape index (κ1) is 14.5. The maximum Gasteiger partial charge on any atom is 0.710 e. The van der Waals surface area contributed by atoms with Crippen LogP contribution in [0.4, 0.5) is 0 Å². The first-order valence-electron chi connectivity index (χ1n) is 5.52. The number of alkyl halides is 1. The summed E-state index contributed by atoms with van der Waals surface area (Å²) in [5.74, 6) is 0.630. The van der Waals surface area contributed by atoms with Crippen LogP contribution in [0, 0.1) is 5.41 Å². The lowest BCUT2D eigenvalue weighted by atomic mass is 9.98. The van der Waals surface area contributed by atoms with Crippen molar-refractivity contribution in [2.75, 3.05) is 6.61 Å². The second-order valence-electron chi connectivity index (χ2n) is 5.04. The van der Waals surface area contributed by atoms with Crippen molar-refractivity contribution in [3.8, 4) is 5.75 Å². The summed E-state index contributed by atoms with van der Waals surface area (Å²) >= 11 is 3.37. The SMILES string of the molecule is CC(C)(C)COB(O)Oc1ccccc1CBr. The minimum Gasteiger partial charge on any atom is -0.512 e. The molecule has 0 saturated carbocycles. The number of rotatable bonds is 5. The third-order valence-corrected chi connectivity index (χ3v) is 2.61. The lowest BCUT2D eigenvalue weighted by molar-refractivity contribution is 0.131. The Morgan fingerprint density at radius 1 is 1.29 bits per heavy atom. The maximum atomic E-state index is 9.63. The second-order valence-corrected chi connectivity index (χ2v) is 5.60. The number of halogens is 1. The van der Waals surface area contributed by atoms with E-state index in [1.165, 1.54) is 0 Å². The first-order valence-corrected chi connectivity index (χ1v) is 6.65. The minimum absolute atomic E-state index is 0.000713. The average molecular weight is 301 g/mol. The van der Waals surface area contributed by atoms with Crippen LogP contribution in [0.25, 0.3) is 0 Å². The molecule has 0 aliphatic heterocycles. The van der Waals surface area contributed by atoms with Crippen LogP contribution in [0.15, 0.2) is 24.3 Å². The second kappa shape index (κ2) is 6.43. The summed E-state index contributed by atoms with van der Waals surface area (Å²) in [7, 11) is -1.23. The Hall–Kier alpha value is -0.515. The minimum atomic E-state index is -1.23. The van der Waals surface area contributed by atoms with Crippen molar-refractivity contribution < 1.29 is 14.3 Å². The number of hydrogen-bond acceptors (Lipinski definition) is 3. The molecule has 0 radical (unpaired) electrons. The van der Waals surface area contributed by atoms with E-state index in [2.05, 4.69) is 15.9 Å². The molecule has 0 bridgehead atoms.